The van der Waals surface area contributed by atoms with Gasteiger partial charge in [0.05, 0.1) is 18.8 Å². The van der Waals surface area contributed by atoms with E-state index in [-0.39, 0.29) is 0 Å². The van der Waals surface area contributed by atoms with Gasteiger partial charge >= 0.3 is 0 Å². The van der Waals surface area contributed by atoms with Crippen molar-refractivity contribution in [3.63, 3.8) is 0 Å². The molecule has 0 rings (SSSR count). The molecular weight excluding hydrogens is 683 g/mol. The Balaban J connectivity index is 3.73. The first kappa shape index (κ1) is 53.5. The van der Waals surface area contributed by atoms with Crippen molar-refractivity contribution in [1.29, 1.82) is 0 Å². The maximum absolute atomic E-state index is 12.5. The number of hydrogen-bond acceptors (Lipinski definition) is 5. The summed E-state index contributed by atoms with van der Waals surface area (Å²) in [6.07, 6.45) is 51.9. The highest BCUT2D eigenvalue weighted by atomic mass is 16.3. The Morgan fingerprint density at radius 2 is 0.764 bits per heavy atom. The number of aliphatic hydroxyl groups is 4. The second-order valence-electron chi connectivity index (χ2n) is 16.4. The van der Waals surface area contributed by atoms with E-state index < -0.39 is 36.9 Å². The van der Waals surface area contributed by atoms with E-state index in [1.165, 1.54) is 167 Å². The number of hydrogen-bond donors (Lipinski definition) is 5. The van der Waals surface area contributed by atoms with Gasteiger partial charge in [-0.1, -0.05) is 198 Å². The van der Waals surface area contributed by atoms with Crippen LogP contribution in [-0.4, -0.2) is 57.3 Å². The highest BCUT2D eigenvalue weighted by molar-refractivity contribution is 5.80. The molecule has 0 aromatic carbocycles. The summed E-state index contributed by atoms with van der Waals surface area (Å²) < 4.78 is 0. The highest BCUT2D eigenvalue weighted by Gasteiger charge is 2.28. The molecule has 0 heterocycles. The molecule has 0 fully saturated rings. The molecule has 6 nitrogen and oxygen atoms in total. The van der Waals surface area contributed by atoms with Crippen LogP contribution in [0.3, 0.4) is 0 Å². The fourth-order valence-corrected chi connectivity index (χ4v) is 7.24. The first-order valence-corrected chi connectivity index (χ1v) is 23.9. The Kier molecular flexibility index (Phi) is 42.5. The van der Waals surface area contributed by atoms with Gasteiger partial charge in [0.1, 0.15) is 12.2 Å². The fourth-order valence-electron chi connectivity index (χ4n) is 7.24. The molecule has 324 valence electrons. The zero-order valence-electron chi connectivity index (χ0n) is 36.4. The number of carbonyl (C=O) groups is 1. The van der Waals surface area contributed by atoms with Crippen LogP contribution in [0.1, 0.15) is 239 Å². The highest BCUT2D eigenvalue weighted by Crippen LogP contribution is 2.15. The Bertz CT molecular complexity index is 873. The van der Waals surface area contributed by atoms with E-state index in [2.05, 4.69) is 55.6 Å². The third-order valence-electron chi connectivity index (χ3n) is 11.1. The zero-order chi connectivity index (χ0) is 40.3. The van der Waals surface area contributed by atoms with Crippen molar-refractivity contribution in [1.82, 2.24) is 5.32 Å². The maximum atomic E-state index is 12.5. The maximum Gasteiger partial charge on any atom is 0.249 e. The van der Waals surface area contributed by atoms with Crippen molar-refractivity contribution < 1.29 is 25.2 Å². The normalized spacial score (nSPS) is 14.4. The third kappa shape index (κ3) is 37.8. The van der Waals surface area contributed by atoms with Gasteiger partial charge in [-0.05, 0) is 77.0 Å². The molecule has 0 saturated carbocycles. The number of carbonyl (C=O) groups excluding carboxylic acids is 1. The van der Waals surface area contributed by atoms with Crippen LogP contribution in [0.4, 0.5) is 0 Å². The Hall–Kier alpha value is -1.47. The van der Waals surface area contributed by atoms with E-state index in [9.17, 15) is 25.2 Å². The lowest BCUT2D eigenvalue weighted by atomic mass is 10.00. The summed E-state index contributed by atoms with van der Waals surface area (Å²) in [5.41, 5.74) is 0. The van der Waals surface area contributed by atoms with Crippen LogP contribution in [0.2, 0.25) is 0 Å². The molecule has 0 saturated heterocycles. The second-order valence-corrected chi connectivity index (χ2v) is 16.4. The minimum atomic E-state index is -1.29. The molecule has 0 spiro atoms. The van der Waals surface area contributed by atoms with Crippen LogP contribution >= 0.6 is 0 Å². The van der Waals surface area contributed by atoms with Crippen molar-refractivity contribution in [2.45, 2.75) is 263 Å². The fraction of sp³-hybridized carbons (Fsp3) is 0.857. The molecule has 6 heteroatoms. The molecular formula is C49H93NO5. The van der Waals surface area contributed by atoms with E-state index in [1.54, 1.807) is 0 Å². The summed E-state index contributed by atoms with van der Waals surface area (Å²) in [5, 5.41) is 43.7. The molecule has 0 bridgehead atoms. The van der Waals surface area contributed by atoms with Crippen LogP contribution < -0.4 is 5.32 Å². The van der Waals surface area contributed by atoms with Crippen LogP contribution in [0.5, 0.6) is 0 Å². The number of unbranched alkanes of at least 4 members (excludes halogenated alkanes) is 28. The lowest BCUT2D eigenvalue weighted by Gasteiger charge is -2.27. The quantitative estimate of drug-likeness (QED) is 0.0313. The molecule has 0 aliphatic carbocycles. The monoisotopic (exact) mass is 776 g/mol. The lowest BCUT2D eigenvalue weighted by molar-refractivity contribution is -0.132. The zero-order valence-corrected chi connectivity index (χ0v) is 36.4. The average Bonchev–Trinajstić information content (AvgIpc) is 3.19. The van der Waals surface area contributed by atoms with Crippen LogP contribution in [0.15, 0.2) is 36.5 Å². The van der Waals surface area contributed by atoms with Crippen molar-refractivity contribution in [3.8, 4) is 0 Å². The van der Waals surface area contributed by atoms with Crippen molar-refractivity contribution >= 4 is 5.91 Å². The number of allylic oxidation sites excluding steroid dienone is 6. The first-order chi connectivity index (χ1) is 27.0. The van der Waals surface area contributed by atoms with Gasteiger partial charge < -0.3 is 25.7 Å². The molecule has 55 heavy (non-hydrogen) atoms. The predicted octanol–water partition coefficient (Wildman–Crippen LogP) is 12.9. The SMILES string of the molecule is CCCCCCCC/C=C/CC/C=C/CCCC(O)C(O)C(CO)NC(=O)C(O)CCCCCCCCCC/C=C\CCCCCCCCCCCCCC. The summed E-state index contributed by atoms with van der Waals surface area (Å²) in [5.74, 6) is -0.600. The van der Waals surface area contributed by atoms with Gasteiger partial charge in [-0.25, -0.2) is 0 Å². The summed E-state index contributed by atoms with van der Waals surface area (Å²) in [4.78, 5) is 12.5. The van der Waals surface area contributed by atoms with Gasteiger partial charge in [0, 0.05) is 0 Å². The minimum Gasteiger partial charge on any atom is -0.394 e. The molecule has 4 unspecified atom stereocenters. The first-order valence-electron chi connectivity index (χ1n) is 23.9. The van der Waals surface area contributed by atoms with E-state index in [0.717, 1.165) is 38.5 Å². The molecule has 0 radical (unpaired) electrons. The molecule has 0 aromatic heterocycles. The molecule has 1 amide bonds. The van der Waals surface area contributed by atoms with Gasteiger partial charge in [-0.3, -0.25) is 4.79 Å². The number of amides is 1. The topological polar surface area (TPSA) is 110 Å². The summed E-state index contributed by atoms with van der Waals surface area (Å²) in [6.45, 7) is 4.03. The van der Waals surface area contributed by atoms with Crippen molar-refractivity contribution in [2.24, 2.45) is 0 Å². The van der Waals surface area contributed by atoms with Gasteiger partial charge in [0.15, 0.2) is 0 Å². The molecule has 0 aromatic rings. The number of nitrogens with one attached hydrogen (secondary N) is 1. The van der Waals surface area contributed by atoms with Crippen molar-refractivity contribution in [2.75, 3.05) is 6.61 Å². The largest absolute Gasteiger partial charge is 0.394 e. The molecule has 5 N–H and O–H groups in total. The predicted molar refractivity (Wildman–Crippen MR) is 237 cm³/mol. The van der Waals surface area contributed by atoms with E-state index in [1.807, 2.05) is 0 Å². The van der Waals surface area contributed by atoms with Gasteiger partial charge in [0.25, 0.3) is 0 Å². The van der Waals surface area contributed by atoms with Gasteiger partial charge in [-0.15, -0.1) is 0 Å². The van der Waals surface area contributed by atoms with Crippen molar-refractivity contribution in [3.05, 3.63) is 36.5 Å². The smallest absolute Gasteiger partial charge is 0.249 e. The summed E-state index contributed by atoms with van der Waals surface area (Å²) in [6, 6.07) is -1.01. The van der Waals surface area contributed by atoms with E-state index in [0.29, 0.717) is 19.3 Å². The Morgan fingerprint density at radius 1 is 0.436 bits per heavy atom. The van der Waals surface area contributed by atoms with Gasteiger partial charge in [0.2, 0.25) is 5.91 Å². The molecule has 0 aliphatic rings. The number of rotatable bonds is 43. The van der Waals surface area contributed by atoms with E-state index in [4.69, 9.17) is 0 Å². The molecule has 4 atom stereocenters. The molecule has 0 aliphatic heterocycles. The van der Waals surface area contributed by atoms with Gasteiger partial charge in [-0.2, -0.15) is 0 Å². The third-order valence-corrected chi connectivity index (χ3v) is 11.1. The number of aliphatic hydroxyl groups excluding tert-OH is 4. The lowest BCUT2D eigenvalue weighted by Crippen LogP contribution is -2.53. The van der Waals surface area contributed by atoms with Crippen LogP contribution in [0, 0.1) is 0 Å². The summed E-state index contributed by atoms with van der Waals surface area (Å²) >= 11 is 0. The Morgan fingerprint density at radius 3 is 1.15 bits per heavy atom. The van der Waals surface area contributed by atoms with Crippen LogP contribution in [-0.2, 0) is 4.79 Å². The minimum absolute atomic E-state index is 0.357. The Labute approximate surface area is 341 Å². The summed E-state index contributed by atoms with van der Waals surface area (Å²) in [7, 11) is 0. The van der Waals surface area contributed by atoms with Crippen LogP contribution in [0.25, 0.3) is 0 Å². The standard InChI is InChI=1S/C49H93NO5/c1-3-5-7-9-11-13-15-17-19-20-21-22-23-24-25-26-27-29-31-33-35-37-39-41-43-47(53)49(55)50-45(44-51)48(54)46(52)42-40-38-36-34-32-30-28-18-16-14-12-10-8-6-4-2/h18,24-25,28,34,36,45-48,51-54H,3-17,19-23,26-27,29-33,35,37-44H2,1-2H3,(H,50,55)/b25-24-,28-18+,36-34+. The second kappa shape index (κ2) is 43.6. The van der Waals surface area contributed by atoms with E-state index >= 15 is 0 Å². The average molecular weight is 776 g/mol.